The summed E-state index contributed by atoms with van der Waals surface area (Å²) in [6, 6.07) is 16.8. The van der Waals surface area contributed by atoms with E-state index in [1.165, 1.54) is 11.3 Å². The third-order valence-electron chi connectivity index (χ3n) is 8.52. The number of benzene rings is 2. The number of rotatable bonds is 25. The number of aliphatic hydroxyl groups is 1. The van der Waals surface area contributed by atoms with E-state index in [1.807, 2.05) is 67.8 Å². The predicted molar refractivity (Wildman–Crippen MR) is 223 cm³/mol. The van der Waals surface area contributed by atoms with Crippen LogP contribution in [0.2, 0.25) is 0 Å². The summed E-state index contributed by atoms with van der Waals surface area (Å²) >= 11 is 1.54. The van der Waals surface area contributed by atoms with Crippen LogP contribution >= 0.6 is 11.3 Å². The number of ether oxygens (including phenoxy) is 2. The molecule has 15 nitrogen and oxygen atoms in total. The standard InChI is InChI=1S/C41H57N9O6S/c1-27(2)22-33(49-40(54)37(51)32(42)23-29-8-6-5-7-9-29)39(53)44-17-19-56-21-20-55-18-16-43-38(52)31-12-10-30(11-13-31)34-26-57-36(48-34)25-47-41-45-15-14-35(50-41)46-24-28(3)4/h5-15,26-28,32-33,37,51H,16-25,42H2,1-4H3,(H,43,52)(H,44,53)(H,49,54)(H2,45,46,47,50)/t32-,33+,37+/m1/s1. The van der Waals surface area contributed by atoms with Crippen LogP contribution in [-0.2, 0) is 32.0 Å². The summed E-state index contributed by atoms with van der Waals surface area (Å²) < 4.78 is 11.1. The fourth-order valence-corrected chi connectivity index (χ4v) is 6.25. The van der Waals surface area contributed by atoms with Gasteiger partial charge in [-0.1, -0.05) is 70.2 Å². The Balaban J connectivity index is 1.06. The van der Waals surface area contributed by atoms with E-state index in [0.717, 1.165) is 34.2 Å². The van der Waals surface area contributed by atoms with Crippen LogP contribution < -0.4 is 32.3 Å². The quantitative estimate of drug-likeness (QED) is 0.0479. The highest BCUT2D eigenvalue weighted by Gasteiger charge is 2.28. The summed E-state index contributed by atoms with van der Waals surface area (Å²) in [5.41, 5.74) is 9.26. The lowest BCUT2D eigenvalue weighted by Gasteiger charge is -2.24. The third kappa shape index (κ3) is 16.2. The van der Waals surface area contributed by atoms with Gasteiger partial charge < -0.3 is 46.9 Å². The summed E-state index contributed by atoms with van der Waals surface area (Å²) in [6.07, 6.45) is 0.974. The predicted octanol–water partition coefficient (Wildman–Crippen LogP) is 3.62. The van der Waals surface area contributed by atoms with Crippen LogP contribution in [0.1, 0.15) is 55.0 Å². The van der Waals surface area contributed by atoms with Crippen molar-refractivity contribution in [2.75, 3.05) is 56.7 Å². The van der Waals surface area contributed by atoms with Gasteiger partial charge in [0.05, 0.1) is 38.7 Å². The van der Waals surface area contributed by atoms with Gasteiger partial charge in [-0.3, -0.25) is 14.4 Å². The molecule has 2 aromatic carbocycles. The van der Waals surface area contributed by atoms with Gasteiger partial charge in [-0.15, -0.1) is 11.3 Å². The number of nitrogens with two attached hydrogens (primary N) is 1. The molecule has 4 rings (SSSR count). The number of carbonyl (C=O) groups excluding carboxylic acids is 3. The van der Waals surface area contributed by atoms with Crippen molar-refractivity contribution < 1.29 is 29.0 Å². The molecule has 0 aliphatic heterocycles. The molecule has 8 N–H and O–H groups in total. The van der Waals surface area contributed by atoms with Crippen molar-refractivity contribution in [2.24, 2.45) is 17.6 Å². The van der Waals surface area contributed by atoms with Crippen molar-refractivity contribution >= 4 is 40.8 Å². The SMILES string of the molecule is CC(C)CNc1ccnc(NCc2nc(-c3ccc(C(=O)NCCOCCOCCNC(=O)[C@H](CC(C)C)NC(=O)[C@@H](O)[C@H](N)Cc4ccccc4)cc3)cs2)n1. The number of aliphatic hydroxyl groups excluding tert-OH is 1. The van der Waals surface area contributed by atoms with E-state index >= 15 is 0 Å². The Labute approximate surface area is 339 Å². The van der Waals surface area contributed by atoms with Crippen LogP contribution in [0.15, 0.2) is 72.2 Å². The van der Waals surface area contributed by atoms with E-state index in [0.29, 0.717) is 63.2 Å². The molecule has 0 aliphatic rings. The molecule has 0 aliphatic carbocycles. The maximum absolute atomic E-state index is 12.9. The van der Waals surface area contributed by atoms with E-state index in [9.17, 15) is 19.5 Å². The summed E-state index contributed by atoms with van der Waals surface area (Å²) in [5, 5.41) is 28.2. The van der Waals surface area contributed by atoms with Crippen LogP contribution in [0.25, 0.3) is 11.3 Å². The van der Waals surface area contributed by atoms with Crippen molar-refractivity contribution in [1.29, 1.82) is 0 Å². The molecule has 308 valence electrons. The number of hydrogen-bond donors (Lipinski definition) is 7. The first-order valence-corrected chi connectivity index (χ1v) is 20.2. The molecule has 4 aromatic rings. The van der Waals surface area contributed by atoms with Gasteiger partial charge in [0.2, 0.25) is 11.9 Å². The van der Waals surface area contributed by atoms with E-state index < -0.39 is 24.1 Å². The number of anilines is 2. The smallest absolute Gasteiger partial charge is 0.251 e. The minimum absolute atomic E-state index is 0.121. The van der Waals surface area contributed by atoms with E-state index in [4.69, 9.17) is 20.2 Å². The lowest BCUT2D eigenvalue weighted by molar-refractivity contribution is -0.135. The first-order chi connectivity index (χ1) is 27.5. The molecule has 2 aromatic heterocycles. The van der Waals surface area contributed by atoms with Gasteiger partial charge in [-0.25, -0.2) is 9.97 Å². The minimum atomic E-state index is -1.46. The fraction of sp³-hybridized carbons (Fsp3) is 0.463. The van der Waals surface area contributed by atoms with Gasteiger partial charge in [0.25, 0.3) is 11.8 Å². The molecule has 57 heavy (non-hydrogen) atoms. The van der Waals surface area contributed by atoms with Gasteiger partial charge in [0.1, 0.15) is 23.0 Å². The maximum Gasteiger partial charge on any atom is 0.251 e. The second-order valence-corrected chi connectivity index (χ2v) is 15.3. The minimum Gasteiger partial charge on any atom is -0.382 e. The van der Waals surface area contributed by atoms with Crippen molar-refractivity contribution in [3.63, 3.8) is 0 Å². The monoisotopic (exact) mass is 803 g/mol. The van der Waals surface area contributed by atoms with Gasteiger partial charge in [-0.2, -0.15) is 4.98 Å². The fourth-order valence-electron chi connectivity index (χ4n) is 5.51. The largest absolute Gasteiger partial charge is 0.382 e. The number of nitrogens with zero attached hydrogens (tertiary/aromatic N) is 3. The van der Waals surface area contributed by atoms with Crippen molar-refractivity contribution in [1.82, 2.24) is 30.9 Å². The summed E-state index contributed by atoms with van der Waals surface area (Å²) in [6.45, 7) is 11.2. The second-order valence-electron chi connectivity index (χ2n) is 14.4. The first kappa shape index (κ1) is 44.7. The van der Waals surface area contributed by atoms with Gasteiger partial charge in [-0.05, 0) is 48.4 Å². The van der Waals surface area contributed by atoms with Crippen LogP contribution in [0.4, 0.5) is 11.8 Å². The van der Waals surface area contributed by atoms with Crippen LogP contribution in [0, 0.1) is 11.8 Å². The van der Waals surface area contributed by atoms with Crippen molar-refractivity contribution in [3.05, 3.63) is 88.4 Å². The summed E-state index contributed by atoms with van der Waals surface area (Å²) in [5.74, 6) is 0.680. The lowest BCUT2D eigenvalue weighted by Crippen LogP contribution is -2.54. The number of aromatic nitrogens is 3. The summed E-state index contributed by atoms with van der Waals surface area (Å²) in [7, 11) is 0. The number of thiazole rings is 1. The zero-order chi connectivity index (χ0) is 41.0. The maximum atomic E-state index is 12.9. The van der Waals surface area contributed by atoms with E-state index in [2.05, 4.69) is 50.4 Å². The van der Waals surface area contributed by atoms with E-state index in [-0.39, 0.29) is 30.9 Å². The molecule has 3 amide bonds. The Hall–Kier alpha value is -5.00. The Bertz CT molecular complexity index is 1810. The Morgan fingerprint density at radius 1 is 0.825 bits per heavy atom. The topological polar surface area (TPSA) is 215 Å². The van der Waals surface area contributed by atoms with Crippen LogP contribution in [0.5, 0.6) is 0 Å². The number of hydrogen-bond acceptors (Lipinski definition) is 13. The molecule has 0 saturated carbocycles. The zero-order valence-electron chi connectivity index (χ0n) is 33.2. The average molecular weight is 804 g/mol. The van der Waals surface area contributed by atoms with Crippen LogP contribution in [-0.4, -0.2) is 102 Å². The van der Waals surface area contributed by atoms with Crippen LogP contribution in [0.3, 0.4) is 0 Å². The number of carbonyl (C=O) groups is 3. The molecule has 0 radical (unpaired) electrons. The van der Waals surface area contributed by atoms with Gasteiger partial charge in [0.15, 0.2) is 0 Å². The highest BCUT2D eigenvalue weighted by Crippen LogP contribution is 2.23. The molecular weight excluding hydrogens is 747 g/mol. The number of nitrogens with one attached hydrogen (secondary N) is 5. The second kappa shape index (κ2) is 23.9. The third-order valence-corrected chi connectivity index (χ3v) is 9.37. The Morgan fingerprint density at radius 3 is 2.21 bits per heavy atom. The molecule has 3 atom stereocenters. The molecule has 0 bridgehead atoms. The molecule has 0 spiro atoms. The highest BCUT2D eigenvalue weighted by molar-refractivity contribution is 7.10. The molecule has 2 heterocycles. The van der Waals surface area contributed by atoms with Gasteiger partial charge >= 0.3 is 0 Å². The average Bonchev–Trinajstić information content (AvgIpc) is 3.69. The number of amides is 3. The van der Waals surface area contributed by atoms with E-state index in [1.54, 1.807) is 18.3 Å². The Kier molecular flexibility index (Phi) is 18.8. The molecular formula is C41H57N9O6S. The zero-order valence-corrected chi connectivity index (χ0v) is 34.0. The molecule has 0 unspecified atom stereocenters. The molecule has 16 heteroatoms. The van der Waals surface area contributed by atoms with Crippen molar-refractivity contribution in [2.45, 2.75) is 65.3 Å². The lowest BCUT2D eigenvalue weighted by atomic mass is 10.00. The van der Waals surface area contributed by atoms with Gasteiger partial charge in [0, 0.05) is 48.4 Å². The summed E-state index contributed by atoms with van der Waals surface area (Å²) in [4.78, 5) is 51.8. The molecule has 0 fully saturated rings. The Morgan fingerprint density at radius 2 is 1.53 bits per heavy atom. The molecule has 0 saturated heterocycles. The highest BCUT2D eigenvalue weighted by atomic mass is 32.1. The first-order valence-electron chi connectivity index (χ1n) is 19.3. The van der Waals surface area contributed by atoms with Crippen molar-refractivity contribution in [3.8, 4) is 11.3 Å². The normalized spacial score (nSPS) is 12.8.